The van der Waals surface area contributed by atoms with Crippen LogP contribution in [0.2, 0.25) is 0 Å². The number of anilines is 2. The van der Waals surface area contributed by atoms with E-state index < -0.39 is 0 Å². The predicted octanol–water partition coefficient (Wildman–Crippen LogP) is 2.70. The van der Waals surface area contributed by atoms with Crippen molar-refractivity contribution in [3.63, 3.8) is 0 Å². The number of benzene rings is 1. The highest BCUT2D eigenvalue weighted by atomic mass is 14.8. The molecule has 0 atom stereocenters. The van der Waals surface area contributed by atoms with Gasteiger partial charge in [0, 0.05) is 17.1 Å². The Balaban J connectivity index is 2.71. The van der Waals surface area contributed by atoms with Crippen LogP contribution in [0.5, 0.6) is 0 Å². The summed E-state index contributed by atoms with van der Waals surface area (Å²) in [7, 11) is 0. The minimum absolute atomic E-state index is 0.106. The Morgan fingerprint density at radius 2 is 1.75 bits per heavy atom. The van der Waals surface area contributed by atoms with E-state index in [-0.39, 0.29) is 5.41 Å². The van der Waals surface area contributed by atoms with Crippen LogP contribution in [0.1, 0.15) is 26.3 Å². The van der Waals surface area contributed by atoms with Gasteiger partial charge >= 0.3 is 0 Å². The molecule has 2 aromatic rings. The van der Waals surface area contributed by atoms with Gasteiger partial charge in [-0.3, -0.25) is 0 Å². The van der Waals surface area contributed by atoms with Crippen LogP contribution in [0.15, 0.2) is 24.3 Å². The van der Waals surface area contributed by atoms with Crippen LogP contribution in [-0.2, 0) is 5.41 Å². The highest BCUT2D eigenvalue weighted by molar-refractivity contribution is 5.92. The zero-order chi connectivity index (χ0) is 11.9. The molecule has 3 nitrogen and oxygen atoms in total. The van der Waals surface area contributed by atoms with E-state index in [1.165, 1.54) is 5.56 Å². The Morgan fingerprint density at radius 3 is 2.38 bits per heavy atom. The predicted molar refractivity (Wildman–Crippen MR) is 69.3 cm³/mol. The third-order valence-corrected chi connectivity index (χ3v) is 2.73. The van der Waals surface area contributed by atoms with Crippen LogP contribution in [0.25, 0.3) is 10.9 Å². The zero-order valence-electron chi connectivity index (χ0n) is 9.91. The summed E-state index contributed by atoms with van der Waals surface area (Å²) < 4.78 is 0. The first-order valence-corrected chi connectivity index (χ1v) is 5.34. The molecule has 84 valence electrons. The van der Waals surface area contributed by atoms with E-state index >= 15 is 0 Å². The lowest BCUT2D eigenvalue weighted by molar-refractivity contribution is 0.591. The first-order valence-electron chi connectivity index (χ1n) is 5.34. The smallest absolute Gasteiger partial charge is 0.126 e. The van der Waals surface area contributed by atoms with E-state index in [0.717, 1.165) is 10.9 Å². The number of nitrogens with two attached hydrogens (primary N) is 2. The van der Waals surface area contributed by atoms with Gasteiger partial charge < -0.3 is 11.5 Å². The second kappa shape index (κ2) is 3.37. The Bertz CT molecular complexity index is 539. The Labute approximate surface area is 95.5 Å². The molecular weight excluding hydrogens is 198 g/mol. The number of rotatable bonds is 0. The fourth-order valence-electron chi connectivity index (χ4n) is 1.74. The maximum atomic E-state index is 5.90. The summed E-state index contributed by atoms with van der Waals surface area (Å²) >= 11 is 0. The number of nitrogen functional groups attached to an aromatic ring is 2. The monoisotopic (exact) mass is 215 g/mol. The number of pyridine rings is 1. The SMILES string of the molecule is CC(C)(C)c1ccc2c(N)cc(N)nc2c1. The molecule has 0 amide bonds. The van der Waals surface area contributed by atoms with Crippen LogP contribution in [0.3, 0.4) is 0 Å². The normalized spacial score (nSPS) is 11.9. The molecule has 1 aromatic carbocycles. The summed E-state index contributed by atoms with van der Waals surface area (Å²) in [5, 5.41) is 0.960. The standard InChI is InChI=1S/C13H17N3/c1-13(2,3)8-4-5-9-10(14)7-12(15)16-11(9)6-8/h4-7H,1-3H3,(H4,14,15,16). The maximum Gasteiger partial charge on any atom is 0.126 e. The minimum atomic E-state index is 0.106. The topological polar surface area (TPSA) is 64.9 Å². The second-order valence-corrected chi connectivity index (χ2v) is 5.12. The van der Waals surface area contributed by atoms with Gasteiger partial charge in [-0.05, 0) is 17.0 Å². The molecule has 1 aromatic heterocycles. The van der Waals surface area contributed by atoms with Crippen molar-refractivity contribution in [2.75, 3.05) is 11.5 Å². The first kappa shape index (κ1) is 10.7. The van der Waals surface area contributed by atoms with Crippen molar-refractivity contribution >= 4 is 22.4 Å². The zero-order valence-corrected chi connectivity index (χ0v) is 9.91. The van der Waals surface area contributed by atoms with Crippen molar-refractivity contribution in [2.24, 2.45) is 0 Å². The second-order valence-electron chi connectivity index (χ2n) is 5.12. The van der Waals surface area contributed by atoms with Crippen molar-refractivity contribution in [1.82, 2.24) is 4.98 Å². The van der Waals surface area contributed by atoms with Gasteiger partial charge in [0.15, 0.2) is 0 Å². The average molecular weight is 215 g/mol. The van der Waals surface area contributed by atoms with Crippen molar-refractivity contribution in [2.45, 2.75) is 26.2 Å². The third-order valence-electron chi connectivity index (χ3n) is 2.73. The molecule has 0 fully saturated rings. The largest absolute Gasteiger partial charge is 0.398 e. The molecule has 0 spiro atoms. The summed E-state index contributed by atoms with van der Waals surface area (Å²) in [5.41, 5.74) is 14.5. The van der Waals surface area contributed by atoms with Gasteiger partial charge in [-0.25, -0.2) is 4.98 Å². The van der Waals surface area contributed by atoms with Crippen LogP contribution in [-0.4, -0.2) is 4.98 Å². The first-order chi connectivity index (χ1) is 7.38. The molecular formula is C13H17N3. The molecule has 0 bridgehead atoms. The van der Waals surface area contributed by atoms with Crippen LogP contribution in [0.4, 0.5) is 11.5 Å². The molecule has 0 saturated carbocycles. The molecule has 0 aliphatic heterocycles. The highest BCUT2D eigenvalue weighted by Gasteiger charge is 2.14. The van der Waals surface area contributed by atoms with Crippen LogP contribution >= 0.6 is 0 Å². The molecule has 16 heavy (non-hydrogen) atoms. The van der Waals surface area contributed by atoms with Crippen molar-refractivity contribution in [3.05, 3.63) is 29.8 Å². The molecule has 2 rings (SSSR count). The van der Waals surface area contributed by atoms with Crippen molar-refractivity contribution in [3.8, 4) is 0 Å². The van der Waals surface area contributed by atoms with Gasteiger partial charge in [0.25, 0.3) is 0 Å². The van der Waals surface area contributed by atoms with E-state index in [1.807, 2.05) is 6.07 Å². The number of hydrogen-bond donors (Lipinski definition) is 2. The molecule has 0 aliphatic carbocycles. The third kappa shape index (κ3) is 1.81. The lowest BCUT2D eigenvalue weighted by atomic mass is 9.86. The molecule has 0 aliphatic rings. The lowest BCUT2D eigenvalue weighted by Crippen LogP contribution is -2.11. The summed E-state index contributed by atoms with van der Waals surface area (Å²) in [4.78, 5) is 4.31. The summed E-state index contributed by atoms with van der Waals surface area (Å²) in [6, 6.07) is 7.86. The number of fused-ring (bicyclic) bond motifs is 1. The van der Waals surface area contributed by atoms with Crippen molar-refractivity contribution < 1.29 is 0 Å². The molecule has 0 unspecified atom stereocenters. The molecule has 0 radical (unpaired) electrons. The molecule has 4 N–H and O–H groups in total. The van der Waals surface area contributed by atoms with Crippen LogP contribution < -0.4 is 11.5 Å². The number of aromatic nitrogens is 1. The average Bonchev–Trinajstić information content (AvgIpc) is 2.15. The lowest BCUT2D eigenvalue weighted by Gasteiger charge is -2.19. The Kier molecular flexibility index (Phi) is 2.26. The van der Waals surface area contributed by atoms with Gasteiger partial charge in [0.1, 0.15) is 5.82 Å². The fourth-order valence-corrected chi connectivity index (χ4v) is 1.74. The molecule has 0 saturated heterocycles. The van der Waals surface area contributed by atoms with E-state index in [2.05, 4.69) is 37.9 Å². The summed E-state index contributed by atoms with van der Waals surface area (Å²) in [6.45, 7) is 6.51. The number of hydrogen-bond acceptors (Lipinski definition) is 3. The molecule has 1 heterocycles. The van der Waals surface area contributed by atoms with Gasteiger partial charge in [0.2, 0.25) is 0 Å². The van der Waals surface area contributed by atoms with Crippen LogP contribution in [0, 0.1) is 0 Å². The van der Waals surface area contributed by atoms with Gasteiger partial charge in [-0.2, -0.15) is 0 Å². The number of nitrogens with zero attached hydrogens (tertiary/aromatic N) is 1. The Morgan fingerprint density at radius 1 is 1.06 bits per heavy atom. The fraction of sp³-hybridized carbons (Fsp3) is 0.308. The van der Waals surface area contributed by atoms with E-state index in [9.17, 15) is 0 Å². The van der Waals surface area contributed by atoms with Gasteiger partial charge in [0.05, 0.1) is 5.52 Å². The summed E-state index contributed by atoms with van der Waals surface area (Å²) in [5.74, 6) is 0.469. The maximum absolute atomic E-state index is 5.90. The molecule has 3 heteroatoms. The van der Waals surface area contributed by atoms with E-state index in [4.69, 9.17) is 11.5 Å². The quantitative estimate of drug-likeness (QED) is 0.710. The van der Waals surface area contributed by atoms with E-state index in [1.54, 1.807) is 6.07 Å². The minimum Gasteiger partial charge on any atom is -0.398 e. The Hall–Kier alpha value is -1.77. The summed E-state index contributed by atoms with van der Waals surface area (Å²) in [6.07, 6.45) is 0. The highest BCUT2D eigenvalue weighted by Crippen LogP contribution is 2.28. The van der Waals surface area contributed by atoms with E-state index in [0.29, 0.717) is 11.5 Å². The van der Waals surface area contributed by atoms with Gasteiger partial charge in [-0.15, -0.1) is 0 Å². The van der Waals surface area contributed by atoms with Gasteiger partial charge in [-0.1, -0.05) is 32.9 Å². The van der Waals surface area contributed by atoms with Crippen molar-refractivity contribution in [1.29, 1.82) is 0 Å².